The molecular weight excluding hydrogens is 344 g/mol. The zero-order valence-corrected chi connectivity index (χ0v) is 15.3. The Morgan fingerprint density at radius 3 is 1.79 bits per heavy atom. The van der Waals surface area contributed by atoms with Crippen LogP contribution in [0.1, 0.15) is 11.1 Å². The van der Waals surface area contributed by atoms with Gasteiger partial charge in [-0.15, -0.1) is 12.4 Å². The molecule has 0 amide bonds. The molecule has 2 rings (SSSR count). The molecule has 0 aliphatic rings. The number of nitrogens with zero attached hydrogens (tertiary/aromatic N) is 1. The topological polar surface area (TPSA) is 63.4 Å². The molecule has 0 aromatic heterocycles. The van der Waals surface area contributed by atoms with Gasteiger partial charge in [-0.2, -0.15) is 0 Å². The molecule has 0 atom stereocenters. The Morgan fingerprint density at radius 1 is 0.792 bits per heavy atom. The van der Waals surface area contributed by atoms with Crippen molar-refractivity contribution < 1.29 is 8.42 Å². The lowest BCUT2D eigenvalue weighted by atomic mass is 10.1. The van der Waals surface area contributed by atoms with Crippen LogP contribution in [0.2, 0.25) is 0 Å². The van der Waals surface area contributed by atoms with E-state index in [9.17, 15) is 8.42 Å². The van der Waals surface area contributed by atoms with Gasteiger partial charge in [0.15, 0.2) is 0 Å². The van der Waals surface area contributed by atoms with Crippen LogP contribution in [0.5, 0.6) is 0 Å². The fourth-order valence-corrected chi connectivity index (χ4v) is 3.96. The molecule has 2 aromatic rings. The second kappa shape index (κ2) is 10.5. The van der Waals surface area contributed by atoms with Crippen molar-refractivity contribution in [3.8, 4) is 0 Å². The van der Waals surface area contributed by atoms with E-state index in [4.69, 9.17) is 5.73 Å². The van der Waals surface area contributed by atoms with Crippen molar-refractivity contribution >= 4 is 22.4 Å². The number of hydrogen-bond acceptors (Lipinski definition) is 3. The first-order valence-corrected chi connectivity index (χ1v) is 9.48. The van der Waals surface area contributed by atoms with Crippen LogP contribution in [-0.4, -0.2) is 38.1 Å². The SMILES string of the molecule is Cl.NCCN(CCc1ccccc1)S(=O)(=O)CCc1ccccc1. The average molecular weight is 369 g/mol. The molecule has 0 unspecified atom stereocenters. The molecule has 0 fully saturated rings. The van der Waals surface area contributed by atoms with Crippen LogP contribution in [0.4, 0.5) is 0 Å². The summed E-state index contributed by atoms with van der Waals surface area (Å²) >= 11 is 0. The molecule has 24 heavy (non-hydrogen) atoms. The summed E-state index contributed by atoms with van der Waals surface area (Å²) in [6, 6.07) is 19.6. The van der Waals surface area contributed by atoms with Crippen LogP contribution in [-0.2, 0) is 22.9 Å². The van der Waals surface area contributed by atoms with Crippen molar-refractivity contribution in [1.29, 1.82) is 0 Å². The summed E-state index contributed by atoms with van der Waals surface area (Å²) in [6.45, 7) is 1.17. The van der Waals surface area contributed by atoms with Gasteiger partial charge in [-0.05, 0) is 24.0 Å². The van der Waals surface area contributed by atoms with Crippen molar-refractivity contribution in [2.75, 3.05) is 25.4 Å². The van der Waals surface area contributed by atoms with Crippen molar-refractivity contribution in [2.45, 2.75) is 12.8 Å². The van der Waals surface area contributed by atoms with Gasteiger partial charge in [-0.25, -0.2) is 12.7 Å². The van der Waals surface area contributed by atoms with Crippen LogP contribution >= 0.6 is 12.4 Å². The molecule has 132 valence electrons. The molecule has 0 bridgehead atoms. The Kier molecular flexibility index (Phi) is 9.00. The molecule has 0 heterocycles. The highest BCUT2D eigenvalue weighted by Gasteiger charge is 2.20. The number of sulfonamides is 1. The number of aryl methyl sites for hydroxylation is 1. The Bertz CT molecular complexity index is 679. The van der Waals surface area contributed by atoms with Gasteiger partial charge in [-0.3, -0.25) is 0 Å². The zero-order valence-electron chi connectivity index (χ0n) is 13.7. The van der Waals surface area contributed by atoms with Crippen LogP contribution in [0, 0.1) is 0 Å². The highest BCUT2D eigenvalue weighted by molar-refractivity contribution is 7.89. The van der Waals surface area contributed by atoms with Crippen LogP contribution in [0.25, 0.3) is 0 Å². The first kappa shape index (κ1) is 20.6. The first-order chi connectivity index (χ1) is 11.1. The van der Waals surface area contributed by atoms with Gasteiger partial charge in [0.2, 0.25) is 10.0 Å². The minimum Gasteiger partial charge on any atom is -0.329 e. The van der Waals surface area contributed by atoms with Crippen molar-refractivity contribution in [3.63, 3.8) is 0 Å². The molecule has 2 N–H and O–H groups in total. The predicted octanol–water partition coefficient (Wildman–Crippen LogP) is 2.48. The Hall–Kier alpha value is -1.40. The number of benzene rings is 2. The molecule has 0 saturated heterocycles. The van der Waals surface area contributed by atoms with E-state index in [0.29, 0.717) is 32.5 Å². The standard InChI is InChI=1S/C18H24N2O2S.ClH/c19-13-15-20(14-11-17-7-3-1-4-8-17)23(21,22)16-12-18-9-5-2-6-10-18;/h1-10H,11-16,19H2;1H. The zero-order chi connectivity index (χ0) is 16.5. The molecule has 0 spiro atoms. The average Bonchev–Trinajstić information content (AvgIpc) is 2.58. The van der Waals surface area contributed by atoms with E-state index >= 15 is 0 Å². The third-order valence-electron chi connectivity index (χ3n) is 3.76. The van der Waals surface area contributed by atoms with Gasteiger partial charge < -0.3 is 5.73 Å². The second-order valence-electron chi connectivity index (χ2n) is 5.47. The smallest absolute Gasteiger partial charge is 0.214 e. The number of rotatable bonds is 9. The number of hydrogen-bond donors (Lipinski definition) is 1. The van der Waals surface area contributed by atoms with Crippen molar-refractivity contribution in [3.05, 3.63) is 71.8 Å². The van der Waals surface area contributed by atoms with E-state index in [2.05, 4.69) is 0 Å². The molecule has 2 aromatic carbocycles. The van der Waals surface area contributed by atoms with E-state index in [0.717, 1.165) is 11.1 Å². The summed E-state index contributed by atoms with van der Waals surface area (Å²) in [5.74, 6) is 0.117. The van der Waals surface area contributed by atoms with Crippen LogP contribution in [0.3, 0.4) is 0 Å². The molecule has 0 radical (unpaired) electrons. The molecule has 0 saturated carbocycles. The quantitative estimate of drug-likeness (QED) is 0.739. The molecular formula is C18H25ClN2O2S. The van der Waals surface area contributed by atoms with Gasteiger partial charge in [0.05, 0.1) is 5.75 Å². The van der Waals surface area contributed by atoms with Gasteiger partial charge in [0.1, 0.15) is 0 Å². The molecule has 0 aliphatic carbocycles. The Labute approximate surface area is 151 Å². The van der Waals surface area contributed by atoms with E-state index in [1.54, 1.807) is 0 Å². The fourth-order valence-electron chi connectivity index (χ4n) is 2.45. The van der Waals surface area contributed by atoms with E-state index < -0.39 is 10.0 Å². The maximum atomic E-state index is 12.6. The predicted molar refractivity (Wildman–Crippen MR) is 102 cm³/mol. The van der Waals surface area contributed by atoms with Gasteiger partial charge in [-0.1, -0.05) is 60.7 Å². The summed E-state index contributed by atoms with van der Waals surface area (Å²) < 4.78 is 26.7. The maximum Gasteiger partial charge on any atom is 0.214 e. The van der Waals surface area contributed by atoms with Crippen LogP contribution in [0.15, 0.2) is 60.7 Å². The third kappa shape index (κ3) is 6.61. The van der Waals surface area contributed by atoms with E-state index in [1.807, 2.05) is 60.7 Å². The summed E-state index contributed by atoms with van der Waals surface area (Å²) in [5.41, 5.74) is 7.76. The lowest BCUT2D eigenvalue weighted by molar-refractivity contribution is 0.421. The van der Waals surface area contributed by atoms with Gasteiger partial charge in [0, 0.05) is 19.6 Å². The normalized spacial score (nSPS) is 11.2. The maximum absolute atomic E-state index is 12.6. The lowest BCUT2D eigenvalue weighted by Crippen LogP contribution is -2.38. The summed E-state index contributed by atoms with van der Waals surface area (Å²) in [6.07, 6.45) is 1.22. The van der Waals surface area contributed by atoms with Gasteiger partial charge >= 0.3 is 0 Å². The second-order valence-corrected chi connectivity index (χ2v) is 7.56. The van der Waals surface area contributed by atoms with Crippen molar-refractivity contribution in [1.82, 2.24) is 4.31 Å². The third-order valence-corrected chi connectivity index (χ3v) is 5.63. The first-order valence-electron chi connectivity index (χ1n) is 7.87. The highest BCUT2D eigenvalue weighted by atomic mass is 35.5. The number of halogens is 1. The monoisotopic (exact) mass is 368 g/mol. The summed E-state index contributed by atoms with van der Waals surface area (Å²) in [7, 11) is -3.30. The van der Waals surface area contributed by atoms with Gasteiger partial charge in [0.25, 0.3) is 0 Å². The summed E-state index contributed by atoms with van der Waals surface area (Å²) in [5, 5.41) is 0. The number of nitrogens with two attached hydrogens (primary N) is 1. The minimum absolute atomic E-state index is 0. The largest absolute Gasteiger partial charge is 0.329 e. The van der Waals surface area contributed by atoms with Crippen molar-refractivity contribution in [2.24, 2.45) is 5.73 Å². The van der Waals surface area contributed by atoms with E-state index in [-0.39, 0.29) is 18.2 Å². The molecule has 6 heteroatoms. The van der Waals surface area contributed by atoms with Crippen LogP contribution < -0.4 is 5.73 Å². The lowest BCUT2D eigenvalue weighted by Gasteiger charge is -2.21. The molecule has 4 nitrogen and oxygen atoms in total. The fraction of sp³-hybridized carbons (Fsp3) is 0.333. The van der Waals surface area contributed by atoms with E-state index in [1.165, 1.54) is 4.31 Å². The minimum atomic E-state index is -3.30. The highest BCUT2D eigenvalue weighted by Crippen LogP contribution is 2.09. The Balaban J connectivity index is 0.00000288. The summed E-state index contributed by atoms with van der Waals surface area (Å²) in [4.78, 5) is 0. The Morgan fingerprint density at radius 2 is 1.29 bits per heavy atom. The molecule has 0 aliphatic heterocycles.